The van der Waals surface area contributed by atoms with Crippen molar-refractivity contribution in [1.82, 2.24) is 10.9 Å². The van der Waals surface area contributed by atoms with Crippen molar-refractivity contribution in [1.29, 1.82) is 5.26 Å². The van der Waals surface area contributed by atoms with Gasteiger partial charge in [-0.1, -0.05) is 26.8 Å². The highest BCUT2D eigenvalue weighted by Crippen LogP contribution is 2.39. The first-order chi connectivity index (χ1) is 17.5. The second-order valence-corrected chi connectivity index (χ2v) is 14.9. The predicted octanol–water partition coefficient (Wildman–Crippen LogP) is 5.78. The van der Waals surface area contributed by atoms with E-state index >= 15 is 0 Å². The fourth-order valence-electron chi connectivity index (χ4n) is 3.20. The van der Waals surface area contributed by atoms with Gasteiger partial charge in [0.1, 0.15) is 6.04 Å². The molecule has 38 heavy (non-hydrogen) atoms. The zero-order valence-corrected chi connectivity index (χ0v) is 22.9. The van der Waals surface area contributed by atoms with Crippen LogP contribution in [0, 0.1) is 17.9 Å². The summed E-state index contributed by atoms with van der Waals surface area (Å²) in [7, 11) is -2.41. The van der Waals surface area contributed by atoms with E-state index in [1.807, 2.05) is 39.9 Å². The van der Waals surface area contributed by atoms with Crippen molar-refractivity contribution in [3.8, 4) is 6.07 Å². The zero-order chi connectivity index (χ0) is 28.9. The number of hydrogen-bond donors (Lipinski definition) is 3. The quantitative estimate of drug-likeness (QED) is 0.232. The van der Waals surface area contributed by atoms with Gasteiger partial charge in [-0.05, 0) is 61.5 Å². The summed E-state index contributed by atoms with van der Waals surface area (Å²) in [5, 5.41) is 11.5. The number of amides is 2. The predicted molar refractivity (Wildman–Crippen MR) is 140 cm³/mol. The average molecular weight is 546 g/mol. The number of anilines is 1. The van der Waals surface area contributed by atoms with Crippen LogP contribution in [0.2, 0.25) is 18.1 Å². The highest BCUT2D eigenvalue weighted by atomic mass is 28.4. The number of benzene rings is 2. The monoisotopic (exact) mass is 545 g/mol. The van der Waals surface area contributed by atoms with Gasteiger partial charge in [-0.15, -0.1) is 0 Å². The van der Waals surface area contributed by atoms with Gasteiger partial charge in [0, 0.05) is 11.3 Å². The fraction of sp³-hybridized carbons (Fsp3) is 0.385. The van der Waals surface area contributed by atoms with Crippen LogP contribution in [-0.2, 0) is 15.4 Å². The van der Waals surface area contributed by atoms with Crippen molar-refractivity contribution in [2.45, 2.75) is 64.1 Å². The van der Waals surface area contributed by atoms with Crippen LogP contribution in [0.15, 0.2) is 42.5 Å². The molecule has 202 valence electrons. The van der Waals surface area contributed by atoms with E-state index in [9.17, 15) is 22.8 Å². The molecule has 0 radical (unpaired) electrons. The molecule has 2 aromatic rings. The smallest absolute Gasteiger partial charge is 0.407 e. The highest BCUT2D eigenvalue weighted by molar-refractivity contribution is 6.74. The van der Waals surface area contributed by atoms with Gasteiger partial charge in [-0.3, -0.25) is 20.4 Å². The van der Waals surface area contributed by atoms with E-state index in [-0.39, 0.29) is 16.3 Å². The fourth-order valence-corrected chi connectivity index (χ4v) is 4.62. The van der Waals surface area contributed by atoms with Gasteiger partial charge in [0.2, 0.25) is 0 Å². The van der Waals surface area contributed by atoms with E-state index in [0.717, 1.165) is 12.1 Å². The third-order valence-electron chi connectivity index (χ3n) is 6.36. The molecule has 0 spiro atoms. The SMILES string of the molecule is [C-]#[N+]c1ccc(N[C@@H](C(=O)NNC(=O)c2ccc(C#N)cc2)[C@@H](C)O[Si](C)(C)C(C)(C)C)cc1C(F)(F)F. The third kappa shape index (κ3) is 7.57. The first-order valence-corrected chi connectivity index (χ1v) is 14.5. The molecule has 0 aliphatic carbocycles. The number of carbonyl (C=O) groups is 2. The number of nitrogens with zero attached hydrogens (tertiary/aromatic N) is 2. The van der Waals surface area contributed by atoms with Crippen molar-refractivity contribution < 1.29 is 27.2 Å². The Morgan fingerprint density at radius 2 is 1.68 bits per heavy atom. The minimum Gasteiger partial charge on any atom is -0.412 e. The number of nitriles is 1. The highest BCUT2D eigenvalue weighted by Gasteiger charge is 2.41. The summed E-state index contributed by atoms with van der Waals surface area (Å²) in [6.07, 6.45) is -5.58. The standard InChI is InChI=1S/C26H30F3N5O3Si/c1-16(37-38(6,7)25(2,3)4)22(32-19-12-13-21(31-5)20(14-19)26(27,28)29)24(36)34-33-23(35)18-10-8-17(15-30)9-11-18/h8-14,16,22,32H,1-4,6-7H3,(H,33,35)(H,34,36)/t16-,22-/m1/s1. The van der Waals surface area contributed by atoms with E-state index in [0.29, 0.717) is 5.56 Å². The Labute approximate surface area is 221 Å². The Morgan fingerprint density at radius 3 is 2.18 bits per heavy atom. The molecule has 2 atom stereocenters. The number of nitrogens with one attached hydrogen (secondary N) is 3. The van der Waals surface area contributed by atoms with Crippen LogP contribution >= 0.6 is 0 Å². The molecule has 0 aliphatic rings. The van der Waals surface area contributed by atoms with Crippen LogP contribution in [0.1, 0.15) is 49.2 Å². The Bertz CT molecular complexity index is 1260. The van der Waals surface area contributed by atoms with Crippen LogP contribution in [0.25, 0.3) is 4.85 Å². The van der Waals surface area contributed by atoms with Crippen molar-refractivity contribution in [2.24, 2.45) is 0 Å². The van der Waals surface area contributed by atoms with Gasteiger partial charge in [-0.25, -0.2) is 4.85 Å². The van der Waals surface area contributed by atoms with Crippen LogP contribution < -0.4 is 16.2 Å². The number of carbonyl (C=O) groups excluding carboxylic acids is 2. The van der Waals surface area contributed by atoms with Gasteiger partial charge in [0.15, 0.2) is 14.0 Å². The molecule has 2 aromatic carbocycles. The largest absolute Gasteiger partial charge is 0.412 e. The molecule has 0 unspecified atom stereocenters. The number of hydrazine groups is 1. The third-order valence-corrected chi connectivity index (χ3v) is 10.9. The Hall–Kier alpha value is -3.87. The lowest BCUT2D eigenvalue weighted by Crippen LogP contribution is -2.55. The summed E-state index contributed by atoms with van der Waals surface area (Å²) in [5.74, 6) is -1.40. The number of alkyl halides is 3. The lowest BCUT2D eigenvalue weighted by Gasteiger charge is -2.40. The number of halogens is 3. The summed E-state index contributed by atoms with van der Waals surface area (Å²) < 4.78 is 46.8. The molecule has 3 N–H and O–H groups in total. The molecule has 0 aromatic heterocycles. The van der Waals surface area contributed by atoms with Crippen LogP contribution in [0.5, 0.6) is 0 Å². The maximum Gasteiger partial charge on any atom is 0.407 e. The Kier molecular flexibility index (Phi) is 9.32. The summed E-state index contributed by atoms with van der Waals surface area (Å²) in [6, 6.07) is 9.52. The summed E-state index contributed by atoms with van der Waals surface area (Å²) in [4.78, 5) is 28.6. The van der Waals surface area contributed by atoms with Crippen LogP contribution in [0.3, 0.4) is 0 Å². The number of hydrogen-bond acceptors (Lipinski definition) is 5. The molecule has 8 nitrogen and oxygen atoms in total. The van der Waals surface area contributed by atoms with Crippen molar-refractivity contribution >= 4 is 31.5 Å². The van der Waals surface area contributed by atoms with Crippen molar-refractivity contribution in [3.05, 3.63) is 70.6 Å². The van der Waals surface area contributed by atoms with Gasteiger partial charge in [0.05, 0.1) is 29.9 Å². The minimum absolute atomic E-state index is 0.0472. The first-order valence-electron chi connectivity index (χ1n) is 11.6. The van der Waals surface area contributed by atoms with Gasteiger partial charge in [-0.2, -0.15) is 18.4 Å². The van der Waals surface area contributed by atoms with E-state index in [1.165, 1.54) is 30.3 Å². The average Bonchev–Trinajstić information content (AvgIpc) is 2.83. The van der Waals surface area contributed by atoms with E-state index in [1.54, 1.807) is 6.92 Å². The normalized spacial score (nSPS) is 13.4. The summed E-state index contributed by atoms with van der Waals surface area (Å²) in [5.41, 5.74) is 3.37. The van der Waals surface area contributed by atoms with E-state index in [2.05, 4.69) is 21.0 Å². The molecule has 0 saturated heterocycles. The molecule has 0 aliphatic heterocycles. The van der Waals surface area contributed by atoms with Crippen LogP contribution in [0.4, 0.5) is 24.5 Å². The summed E-state index contributed by atoms with van der Waals surface area (Å²) >= 11 is 0. The van der Waals surface area contributed by atoms with E-state index < -0.39 is 49.7 Å². The minimum atomic E-state index is -4.77. The molecule has 0 heterocycles. The van der Waals surface area contributed by atoms with Gasteiger partial charge < -0.3 is 9.74 Å². The second kappa shape index (κ2) is 11.7. The zero-order valence-electron chi connectivity index (χ0n) is 21.9. The van der Waals surface area contributed by atoms with Crippen LogP contribution in [-0.4, -0.2) is 32.3 Å². The Morgan fingerprint density at radius 1 is 1.08 bits per heavy atom. The summed E-state index contributed by atoms with van der Waals surface area (Å²) in [6.45, 7) is 18.6. The second-order valence-electron chi connectivity index (χ2n) is 10.2. The molecular formula is C26H30F3N5O3Si. The topological polar surface area (TPSA) is 108 Å². The first kappa shape index (κ1) is 30.4. The van der Waals surface area contributed by atoms with Crippen molar-refractivity contribution in [3.63, 3.8) is 0 Å². The molecule has 0 bridgehead atoms. The molecule has 12 heteroatoms. The molecule has 2 amide bonds. The maximum atomic E-state index is 13.5. The van der Waals surface area contributed by atoms with Crippen molar-refractivity contribution in [2.75, 3.05) is 5.32 Å². The lowest BCUT2D eigenvalue weighted by molar-refractivity contribution is -0.136. The van der Waals surface area contributed by atoms with E-state index in [4.69, 9.17) is 16.3 Å². The van der Waals surface area contributed by atoms with Gasteiger partial charge in [0.25, 0.3) is 11.8 Å². The lowest BCUT2D eigenvalue weighted by atomic mass is 10.1. The Balaban J connectivity index is 2.33. The molecule has 0 saturated carbocycles. The molecule has 2 rings (SSSR count). The number of rotatable bonds is 7. The molecular weight excluding hydrogens is 515 g/mol. The van der Waals surface area contributed by atoms with Gasteiger partial charge >= 0.3 is 6.18 Å². The molecule has 0 fully saturated rings. The maximum absolute atomic E-state index is 13.5.